The molecule has 1 spiro atoms. The minimum Gasteiger partial charge on any atom is -0.454 e. The fraction of sp³-hybridized carbons (Fsp3) is 0.364. The average molecular weight is 439 g/mol. The lowest BCUT2D eigenvalue weighted by Gasteiger charge is -2.36. The Morgan fingerprint density at radius 1 is 1.35 bits per heavy atom. The molecule has 2 aromatic heterocycles. The van der Waals surface area contributed by atoms with Gasteiger partial charge in [0.25, 0.3) is 5.91 Å². The molecule has 2 atom stereocenters. The Labute approximate surface area is 182 Å². The highest BCUT2D eigenvalue weighted by atomic mass is 32.1. The standard InChI is InChI=1S/C22H22N4O4S/c1-13-6-4-5-9-22(13)19(28)26(21(29)25-22)11-18(27)24-20-23-15(12-31-20)17-10-14-7-2-3-8-16(14)30-17/h2-3,7-8,10,12-13H,4-6,9,11H2,1H3,(H,25,29)(H,23,24,27). The Balaban J connectivity index is 1.27. The summed E-state index contributed by atoms with van der Waals surface area (Å²) in [6.45, 7) is 1.65. The third kappa shape index (κ3) is 3.38. The monoisotopic (exact) mass is 438 g/mol. The number of amides is 4. The lowest BCUT2D eigenvalue weighted by atomic mass is 9.73. The van der Waals surface area contributed by atoms with Crippen molar-refractivity contribution in [3.8, 4) is 11.5 Å². The first-order valence-corrected chi connectivity index (χ1v) is 11.2. The first-order valence-electron chi connectivity index (χ1n) is 10.3. The average Bonchev–Trinajstić information content (AvgIpc) is 3.44. The van der Waals surface area contributed by atoms with E-state index in [9.17, 15) is 14.4 Å². The summed E-state index contributed by atoms with van der Waals surface area (Å²) >= 11 is 1.26. The molecule has 31 heavy (non-hydrogen) atoms. The predicted octanol–water partition coefficient (Wildman–Crippen LogP) is 4.00. The molecule has 4 amide bonds. The van der Waals surface area contributed by atoms with Crippen molar-refractivity contribution in [2.75, 3.05) is 11.9 Å². The topological polar surface area (TPSA) is 105 Å². The highest BCUT2D eigenvalue weighted by Gasteiger charge is 2.55. The van der Waals surface area contributed by atoms with E-state index < -0.39 is 17.5 Å². The maximum atomic E-state index is 13.0. The molecule has 160 valence electrons. The van der Waals surface area contributed by atoms with Crippen LogP contribution in [0.1, 0.15) is 32.6 Å². The molecule has 8 nitrogen and oxygen atoms in total. The van der Waals surface area contributed by atoms with E-state index >= 15 is 0 Å². The van der Waals surface area contributed by atoms with Crippen LogP contribution in [0.5, 0.6) is 0 Å². The van der Waals surface area contributed by atoms with Crippen LogP contribution in [-0.2, 0) is 9.59 Å². The molecule has 2 fully saturated rings. The first-order chi connectivity index (χ1) is 15.0. The molecule has 3 heterocycles. The number of nitrogens with one attached hydrogen (secondary N) is 2. The van der Waals surface area contributed by atoms with Crippen molar-refractivity contribution in [1.29, 1.82) is 0 Å². The summed E-state index contributed by atoms with van der Waals surface area (Å²) in [4.78, 5) is 43.4. The Morgan fingerprint density at radius 2 is 2.19 bits per heavy atom. The van der Waals surface area contributed by atoms with Gasteiger partial charge in [-0.05, 0) is 30.9 Å². The van der Waals surface area contributed by atoms with Gasteiger partial charge in [-0.15, -0.1) is 11.3 Å². The number of thiazole rings is 1. The summed E-state index contributed by atoms with van der Waals surface area (Å²) in [6.07, 6.45) is 3.43. The normalized spacial score (nSPS) is 23.5. The number of anilines is 1. The molecular weight excluding hydrogens is 416 g/mol. The molecule has 2 N–H and O–H groups in total. The molecule has 1 aliphatic carbocycles. The van der Waals surface area contributed by atoms with E-state index in [-0.39, 0.29) is 18.4 Å². The minimum atomic E-state index is -0.870. The summed E-state index contributed by atoms with van der Waals surface area (Å²) in [5, 5.41) is 8.69. The number of furan rings is 1. The number of fused-ring (bicyclic) bond motifs is 1. The Morgan fingerprint density at radius 3 is 3.00 bits per heavy atom. The van der Waals surface area contributed by atoms with Crippen LogP contribution in [0.2, 0.25) is 0 Å². The number of hydrogen-bond donors (Lipinski definition) is 2. The van der Waals surface area contributed by atoms with E-state index in [4.69, 9.17) is 4.42 Å². The molecule has 5 rings (SSSR count). The molecule has 2 aliphatic rings. The molecule has 1 saturated heterocycles. The number of nitrogens with zero attached hydrogens (tertiary/aromatic N) is 2. The van der Waals surface area contributed by atoms with E-state index in [1.807, 2.05) is 37.3 Å². The number of hydrogen-bond acceptors (Lipinski definition) is 6. The zero-order valence-corrected chi connectivity index (χ0v) is 17.8. The van der Waals surface area contributed by atoms with Crippen LogP contribution >= 0.6 is 11.3 Å². The van der Waals surface area contributed by atoms with Crippen LogP contribution in [0.15, 0.2) is 40.1 Å². The summed E-state index contributed by atoms with van der Waals surface area (Å²) in [5.41, 5.74) is 0.507. The van der Waals surface area contributed by atoms with Crippen molar-refractivity contribution < 1.29 is 18.8 Å². The third-order valence-electron chi connectivity index (χ3n) is 6.23. The van der Waals surface area contributed by atoms with Crippen LogP contribution in [0, 0.1) is 5.92 Å². The van der Waals surface area contributed by atoms with Crippen LogP contribution in [-0.4, -0.2) is 39.8 Å². The van der Waals surface area contributed by atoms with Gasteiger partial charge in [0.15, 0.2) is 10.9 Å². The summed E-state index contributed by atoms with van der Waals surface area (Å²) in [5.74, 6) is -0.104. The summed E-state index contributed by atoms with van der Waals surface area (Å²) in [7, 11) is 0. The van der Waals surface area contributed by atoms with Crippen molar-refractivity contribution in [3.63, 3.8) is 0 Å². The van der Waals surface area contributed by atoms with Crippen LogP contribution in [0.4, 0.5) is 9.93 Å². The van der Waals surface area contributed by atoms with Gasteiger partial charge < -0.3 is 15.1 Å². The summed E-state index contributed by atoms with van der Waals surface area (Å²) < 4.78 is 5.81. The van der Waals surface area contributed by atoms with Gasteiger partial charge >= 0.3 is 6.03 Å². The zero-order valence-electron chi connectivity index (χ0n) is 17.0. The molecule has 9 heteroatoms. The van der Waals surface area contributed by atoms with Gasteiger partial charge in [-0.2, -0.15) is 0 Å². The molecule has 0 radical (unpaired) electrons. The lowest BCUT2D eigenvalue weighted by molar-refractivity contribution is -0.136. The van der Waals surface area contributed by atoms with E-state index in [1.165, 1.54) is 11.3 Å². The Bertz CT molecular complexity index is 1150. The van der Waals surface area contributed by atoms with E-state index in [0.29, 0.717) is 23.0 Å². The second-order valence-corrected chi connectivity index (χ2v) is 9.03. The Kier molecular flexibility index (Phi) is 4.77. The second-order valence-electron chi connectivity index (χ2n) is 8.17. The number of imide groups is 1. The Hall–Kier alpha value is -3.20. The SMILES string of the molecule is CC1CCCCC12NC(=O)N(CC(=O)Nc1nc(-c3cc4ccccc4o3)cs1)C2=O. The largest absolute Gasteiger partial charge is 0.454 e. The van der Waals surface area contributed by atoms with Gasteiger partial charge in [0.05, 0.1) is 0 Å². The van der Waals surface area contributed by atoms with Gasteiger partial charge in [0, 0.05) is 10.8 Å². The maximum Gasteiger partial charge on any atom is 0.325 e. The fourth-order valence-electron chi connectivity index (χ4n) is 4.49. The van der Waals surface area contributed by atoms with Crippen LogP contribution < -0.4 is 10.6 Å². The highest BCUT2D eigenvalue weighted by Crippen LogP contribution is 2.38. The molecular formula is C22H22N4O4S. The molecule has 1 saturated carbocycles. The number of carbonyl (C=O) groups is 3. The van der Waals surface area contributed by atoms with Crippen molar-refractivity contribution in [2.45, 2.75) is 38.1 Å². The molecule has 1 aromatic carbocycles. The fourth-order valence-corrected chi connectivity index (χ4v) is 5.21. The molecule has 2 unspecified atom stereocenters. The van der Waals surface area contributed by atoms with E-state index in [1.54, 1.807) is 5.38 Å². The van der Waals surface area contributed by atoms with Gasteiger partial charge in [-0.25, -0.2) is 9.78 Å². The van der Waals surface area contributed by atoms with Gasteiger partial charge in [0.1, 0.15) is 23.4 Å². The minimum absolute atomic E-state index is 0.0519. The van der Waals surface area contributed by atoms with Gasteiger partial charge in [-0.3, -0.25) is 14.5 Å². The van der Waals surface area contributed by atoms with Crippen molar-refractivity contribution in [1.82, 2.24) is 15.2 Å². The van der Waals surface area contributed by atoms with Crippen LogP contribution in [0.25, 0.3) is 22.4 Å². The second kappa shape index (κ2) is 7.49. The molecule has 3 aromatic rings. The first kappa shape index (κ1) is 19.7. The van der Waals surface area contributed by atoms with Gasteiger partial charge in [-0.1, -0.05) is 38.0 Å². The highest BCUT2D eigenvalue weighted by molar-refractivity contribution is 7.14. The number of rotatable bonds is 4. The quantitative estimate of drug-likeness (QED) is 0.599. The third-order valence-corrected chi connectivity index (χ3v) is 6.99. The maximum absolute atomic E-state index is 13.0. The van der Waals surface area contributed by atoms with Crippen molar-refractivity contribution in [2.24, 2.45) is 5.92 Å². The van der Waals surface area contributed by atoms with Crippen molar-refractivity contribution in [3.05, 3.63) is 35.7 Å². The lowest BCUT2D eigenvalue weighted by Crippen LogP contribution is -2.54. The summed E-state index contributed by atoms with van der Waals surface area (Å²) in [6, 6.07) is 9.06. The number of carbonyl (C=O) groups excluding carboxylic acids is 3. The van der Waals surface area contributed by atoms with Crippen molar-refractivity contribution >= 4 is 45.3 Å². The number of aromatic nitrogens is 1. The number of para-hydroxylation sites is 1. The van der Waals surface area contributed by atoms with Gasteiger partial charge in [0.2, 0.25) is 5.91 Å². The zero-order chi connectivity index (χ0) is 21.6. The predicted molar refractivity (Wildman–Crippen MR) is 117 cm³/mol. The van der Waals surface area contributed by atoms with E-state index in [2.05, 4.69) is 15.6 Å². The molecule has 0 bridgehead atoms. The van der Waals surface area contributed by atoms with Crippen LogP contribution in [0.3, 0.4) is 0 Å². The smallest absolute Gasteiger partial charge is 0.325 e. The number of urea groups is 1. The van der Waals surface area contributed by atoms with E-state index in [0.717, 1.165) is 35.1 Å². The number of benzene rings is 1. The molecule has 1 aliphatic heterocycles.